The molecule has 1 atom stereocenters. The molecule has 0 spiro atoms. The molecule has 1 unspecified atom stereocenters. The Morgan fingerprint density at radius 1 is 1.32 bits per heavy atom. The van der Waals surface area contributed by atoms with Gasteiger partial charge in [-0.2, -0.15) is 0 Å². The van der Waals surface area contributed by atoms with E-state index in [1.165, 1.54) is 0 Å². The predicted molar refractivity (Wildman–Crippen MR) is 101 cm³/mol. The van der Waals surface area contributed by atoms with Crippen molar-refractivity contribution in [1.82, 2.24) is 10.3 Å². The van der Waals surface area contributed by atoms with Crippen molar-refractivity contribution in [2.75, 3.05) is 29.9 Å². The Kier molecular flexibility index (Phi) is 4.04. The highest BCUT2D eigenvalue weighted by molar-refractivity contribution is 6.32. The van der Waals surface area contributed by atoms with E-state index in [9.17, 15) is 4.79 Å². The molecular weight excluding hydrogens is 336 g/mol. The molecule has 5 nitrogen and oxygen atoms in total. The molecule has 130 valence electrons. The minimum Gasteiger partial charge on any atom is -0.369 e. The van der Waals surface area contributed by atoms with Crippen LogP contribution in [0.3, 0.4) is 0 Å². The number of fused-ring (bicyclic) bond motifs is 1. The number of hydrogen-bond donors (Lipinski definition) is 2. The first-order chi connectivity index (χ1) is 12.2. The summed E-state index contributed by atoms with van der Waals surface area (Å²) in [6.45, 7) is 4.41. The van der Waals surface area contributed by atoms with Gasteiger partial charge in [0.1, 0.15) is 5.82 Å². The van der Waals surface area contributed by atoms with Crippen molar-refractivity contribution in [3.8, 4) is 0 Å². The molecule has 0 radical (unpaired) electrons. The van der Waals surface area contributed by atoms with E-state index in [0.29, 0.717) is 0 Å². The number of carbonyl (C=O) groups excluding carboxylic acids is 1. The average molecular weight is 357 g/mol. The van der Waals surface area contributed by atoms with Gasteiger partial charge in [0, 0.05) is 47.5 Å². The standard InChI is InChI=1S/C19H21ClN4O/c1-2-19(12-23-17-16(19)15(20)7-9-21-17)13-5-3-6-14(11-13)24-10-4-8-22-18(24)25/h3,5-7,9,11H,2,4,8,10,12H2,1H3,(H,21,23)(H,22,25). The first kappa shape index (κ1) is 16.2. The lowest BCUT2D eigenvalue weighted by molar-refractivity contribution is 0.243. The van der Waals surface area contributed by atoms with E-state index in [2.05, 4.69) is 34.7 Å². The van der Waals surface area contributed by atoms with Crippen molar-refractivity contribution in [2.24, 2.45) is 0 Å². The second-order valence-electron chi connectivity index (χ2n) is 6.59. The van der Waals surface area contributed by atoms with Crippen molar-refractivity contribution in [3.63, 3.8) is 0 Å². The van der Waals surface area contributed by atoms with Crippen molar-refractivity contribution < 1.29 is 4.79 Å². The SMILES string of the molecule is CCC1(c2cccc(N3CCCNC3=O)c2)CNc2nccc(Cl)c21. The van der Waals surface area contributed by atoms with Gasteiger partial charge in [-0.05, 0) is 36.6 Å². The minimum atomic E-state index is -0.233. The van der Waals surface area contributed by atoms with E-state index >= 15 is 0 Å². The quantitative estimate of drug-likeness (QED) is 0.880. The van der Waals surface area contributed by atoms with Gasteiger partial charge in [0.25, 0.3) is 0 Å². The Morgan fingerprint density at radius 3 is 3.00 bits per heavy atom. The maximum atomic E-state index is 12.2. The van der Waals surface area contributed by atoms with Crippen LogP contribution in [0.2, 0.25) is 5.02 Å². The maximum absolute atomic E-state index is 12.2. The number of hydrogen-bond acceptors (Lipinski definition) is 3. The molecule has 0 aliphatic carbocycles. The topological polar surface area (TPSA) is 57.3 Å². The summed E-state index contributed by atoms with van der Waals surface area (Å²) in [5, 5.41) is 7.05. The average Bonchev–Trinajstić information content (AvgIpc) is 3.04. The fourth-order valence-electron chi connectivity index (χ4n) is 3.95. The van der Waals surface area contributed by atoms with E-state index in [-0.39, 0.29) is 11.4 Å². The second-order valence-corrected chi connectivity index (χ2v) is 7.00. The lowest BCUT2D eigenvalue weighted by Crippen LogP contribution is -2.46. The number of pyridine rings is 1. The highest BCUT2D eigenvalue weighted by atomic mass is 35.5. The van der Waals surface area contributed by atoms with Gasteiger partial charge in [-0.1, -0.05) is 30.7 Å². The molecule has 2 aliphatic rings. The van der Waals surface area contributed by atoms with Crippen LogP contribution in [0.1, 0.15) is 30.9 Å². The first-order valence-electron chi connectivity index (χ1n) is 8.70. The molecule has 3 heterocycles. The Morgan fingerprint density at radius 2 is 2.20 bits per heavy atom. The number of rotatable bonds is 3. The van der Waals surface area contributed by atoms with Crippen LogP contribution >= 0.6 is 11.6 Å². The minimum absolute atomic E-state index is 0.0291. The summed E-state index contributed by atoms with van der Waals surface area (Å²) in [6, 6.07) is 10.1. The number of nitrogens with zero attached hydrogens (tertiary/aromatic N) is 2. The summed E-state index contributed by atoms with van der Waals surface area (Å²) in [5.74, 6) is 0.857. The molecule has 1 aromatic heterocycles. The summed E-state index contributed by atoms with van der Waals surface area (Å²) >= 11 is 6.54. The lowest BCUT2D eigenvalue weighted by atomic mass is 9.74. The van der Waals surface area contributed by atoms with E-state index in [0.717, 1.165) is 60.1 Å². The van der Waals surface area contributed by atoms with Gasteiger partial charge in [0.05, 0.1) is 0 Å². The fourth-order valence-corrected chi connectivity index (χ4v) is 4.28. The molecule has 0 saturated carbocycles. The van der Waals surface area contributed by atoms with Crippen molar-refractivity contribution in [2.45, 2.75) is 25.2 Å². The van der Waals surface area contributed by atoms with Gasteiger partial charge in [-0.3, -0.25) is 4.90 Å². The zero-order valence-corrected chi connectivity index (χ0v) is 14.9. The normalized spacial score (nSPS) is 22.3. The van der Waals surface area contributed by atoms with Crippen LogP contribution in [-0.4, -0.2) is 30.6 Å². The van der Waals surface area contributed by atoms with E-state index in [1.807, 2.05) is 23.1 Å². The molecule has 2 aliphatic heterocycles. The summed E-state index contributed by atoms with van der Waals surface area (Å²) in [6.07, 6.45) is 3.58. The number of benzene rings is 1. The number of halogens is 1. The molecule has 1 saturated heterocycles. The Hall–Kier alpha value is -2.27. The van der Waals surface area contributed by atoms with Crippen LogP contribution < -0.4 is 15.5 Å². The maximum Gasteiger partial charge on any atom is 0.321 e. The molecule has 1 fully saturated rings. The van der Waals surface area contributed by atoms with Crippen molar-refractivity contribution in [3.05, 3.63) is 52.7 Å². The van der Waals surface area contributed by atoms with E-state index in [1.54, 1.807) is 6.20 Å². The molecule has 1 aromatic carbocycles. The third-order valence-corrected chi connectivity index (χ3v) is 5.65. The second kappa shape index (κ2) is 6.23. The summed E-state index contributed by atoms with van der Waals surface area (Å²) < 4.78 is 0. The fraction of sp³-hybridized carbons (Fsp3) is 0.368. The largest absolute Gasteiger partial charge is 0.369 e. The summed E-state index contributed by atoms with van der Waals surface area (Å²) in [4.78, 5) is 18.5. The molecule has 2 N–H and O–H groups in total. The molecule has 25 heavy (non-hydrogen) atoms. The smallest absolute Gasteiger partial charge is 0.321 e. The molecular formula is C19H21ClN4O. The number of anilines is 2. The van der Waals surface area contributed by atoms with Crippen molar-refractivity contribution >= 4 is 29.1 Å². The highest BCUT2D eigenvalue weighted by Crippen LogP contribution is 2.47. The van der Waals surface area contributed by atoms with Crippen LogP contribution in [0.5, 0.6) is 0 Å². The monoisotopic (exact) mass is 356 g/mol. The molecule has 2 amide bonds. The zero-order chi connectivity index (χ0) is 17.4. The third kappa shape index (κ3) is 2.54. The zero-order valence-electron chi connectivity index (χ0n) is 14.2. The Bertz CT molecular complexity index is 825. The van der Waals surface area contributed by atoms with Crippen LogP contribution in [-0.2, 0) is 5.41 Å². The van der Waals surface area contributed by atoms with Gasteiger partial charge >= 0.3 is 6.03 Å². The summed E-state index contributed by atoms with van der Waals surface area (Å²) in [5.41, 5.74) is 2.91. The number of carbonyl (C=O) groups is 1. The predicted octanol–water partition coefficient (Wildman–Crippen LogP) is 3.78. The van der Waals surface area contributed by atoms with Gasteiger partial charge in [-0.15, -0.1) is 0 Å². The number of aromatic nitrogens is 1. The number of amides is 2. The number of urea groups is 1. The Labute approximate surface area is 152 Å². The lowest BCUT2D eigenvalue weighted by Gasteiger charge is -2.32. The summed E-state index contributed by atoms with van der Waals surface area (Å²) in [7, 11) is 0. The van der Waals surface area contributed by atoms with Gasteiger partial charge < -0.3 is 10.6 Å². The Balaban J connectivity index is 1.80. The molecule has 4 rings (SSSR count). The highest BCUT2D eigenvalue weighted by Gasteiger charge is 2.41. The van der Waals surface area contributed by atoms with E-state index in [4.69, 9.17) is 11.6 Å². The van der Waals surface area contributed by atoms with Gasteiger partial charge in [0.2, 0.25) is 0 Å². The third-order valence-electron chi connectivity index (χ3n) is 5.33. The van der Waals surface area contributed by atoms with E-state index < -0.39 is 0 Å². The van der Waals surface area contributed by atoms with Crippen LogP contribution in [0.4, 0.5) is 16.3 Å². The van der Waals surface area contributed by atoms with Crippen LogP contribution in [0.15, 0.2) is 36.5 Å². The molecule has 6 heteroatoms. The molecule has 2 aromatic rings. The van der Waals surface area contributed by atoms with Crippen LogP contribution in [0.25, 0.3) is 0 Å². The van der Waals surface area contributed by atoms with Gasteiger partial charge in [-0.25, -0.2) is 9.78 Å². The van der Waals surface area contributed by atoms with Gasteiger partial charge in [0.15, 0.2) is 0 Å². The van der Waals surface area contributed by atoms with Crippen molar-refractivity contribution in [1.29, 1.82) is 0 Å². The molecule has 0 bridgehead atoms. The van der Waals surface area contributed by atoms with Crippen LogP contribution in [0, 0.1) is 0 Å². The number of nitrogens with one attached hydrogen (secondary N) is 2. The first-order valence-corrected chi connectivity index (χ1v) is 9.08.